The van der Waals surface area contributed by atoms with Crippen LogP contribution < -0.4 is 3.84 Å². The molecule has 36 heavy (non-hydrogen) atoms. The Hall–Kier alpha value is -1.12. The van der Waals surface area contributed by atoms with E-state index in [0.717, 1.165) is 41.4 Å². The molecule has 3 aromatic rings. The quantitative estimate of drug-likeness (QED) is 0.105. The zero-order valence-corrected chi connectivity index (χ0v) is 26.2. The maximum absolute atomic E-state index is 6.19. The van der Waals surface area contributed by atoms with E-state index in [0.29, 0.717) is 0 Å². The predicted octanol–water partition coefficient (Wildman–Crippen LogP) is 7.87. The molecule has 0 bridgehead atoms. The summed E-state index contributed by atoms with van der Waals surface area (Å²) >= 11 is -0.988. The summed E-state index contributed by atoms with van der Waals surface area (Å²) in [5.74, 6) is 0.903. The molecule has 1 aliphatic rings. The van der Waals surface area contributed by atoms with E-state index in [9.17, 15) is 0 Å². The number of aromatic nitrogens is 4. The number of hydrogen-bond donors (Lipinski definition) is 0. The number of rotatable bonds is 14. The van der Waals surface area contributed by atoms with E-state index in [1.807, 2.05) is 18.1 Å². The summed E-state index contributed by atoms with van der Waals surface area (Å²) in [5.41, 5.74) is 3.28. The average molecular weight is 615 g/mol. The van der Waals surface area contributed by atoms with Crippen molar-refractivity contribution in [3.63, 3.8) is 0 Å². The van der Waals surface area contributed by atoms with Crippen LogP contribution in [0.1, 0.15) is 90.3 Å². The van der Waals surface area contributed by atoms with Gasteiger partial charge in [0.15, 0.2) is 0 Å². The second kappa shape index (κ2) is 14.1. The molecule has 0 spiro atoms. The van der Waals surface area contributed by atoms with E-state index in [4.69, 9.17) is 19.7 Å². The monoisotopic (exact) mass is 616 g/mol. The number of ether oxygens (including phenoxy) is 1. The third-order valence-electron chi connectivity index (χ3n) is 7.57. The summed E-state index contributed by atoms with van der Waals surface area (Å²) in [6.45, 7) is 7.81. The van der Waals surface area contributed by atoms with E-state index in [1.165, 1.54) is 67.7 Å². The van der Waals surface area contributed by atoms with Crippen LogP contribution in [-0.4, -0.2) is 44.5 Å². The van der Waals surface area contributed by atoms with Crippen molar-refractivity contribution in [2.45, 2.75) is 109 Å². The van der Waals surface area contributed by atoms with Crippen LogP contribution >= 0.6 is 11.8 Å². The Morgan fingerprint density at radius 1 is 0.944 bits per heavy atom. The molecule has 0 saturated carbocycles. The van der Waals surface area contributed by atoms with Gasteiger partial charge < -0.3 is 0 Å². The summed E-state index contributed by atoms with van der Waals surface area (Å²) < 4.78 is 13.8. The van der Waals surface area contributed by atoms with E-state index in [-0.39, 0.29) is 6.23 Å². The zero-order valence-electron chi connectivity index (χ0n) is 22.5. The first-order valence-corrected chi connectivity index (χ1v) is 22.7. The maximum atomic E-state index is 6.19. The summed E-state index contributed by atoms with van der Waals surface area (Å²) in [6, 6.07) is 10.7. The fourth-order valence-corrected chi connectivity index (χ4v) is 21.4. The molecule has 7 heteroatoms. The molecule has 1 fully saturated rings. The number of fused-ring (bicyclic) bond motifs is 1. The van der Waals surface area contributed by atoms with Crippen LogP contribution in [0.5, 0.6) is 0 Å². The van der Waals surface area contributed by atoms with Gasteiger partial charge in [-0.15, -0.1) is 0 Å². The SMILES string of the molecule is CCC[CH2][Sn]([CH2]CCC)([CH2]CCC)[c]1nc(SCc2ccccc2)c2ncn(C3CCCCO3)c2n1. The molecule has 0 aliphatic carbocycles. The van der Waals surface area contributed by atoms with Crippen LogP contribution in [0, 0.1) is 0 Å². The van der Waals surface area contributed by atoms with E-state index < -0.39 is 18.4 Å². The second-order valence-corrected chi connectivity index (χ2v) is 24.2. The van der Waals surface area contributed by atoms with E-state index in [1.54, 1.807) is 0 Å². The minimum atomic E-state index is -2.82. The first kappa shape index (κ1) is 27.9. The summed E-state index contributed by atoms with van der Waals surface area (Å²) in [7, 11) is 0. The molecule has 1 aliphatic heterocycles. The Balaban J connectivity index is 1.80. The Kier molecular flexibility index (Phi) is 11.0. The van der Waals surface area contributed by atoms with Crippen LogP contribution in [0.3, 0.4) is 0 Å². The van der Waals surface area contributed by atoms with Crippen LogP contribution in [-0.2, 0) is 10.5 Å². The van der Waals surface area contributed by atoms with Gasteiger partial charge in [0.1, 0.15) is 0 Å². The summed E-state index contributed by atoms with van der Waals surface area (Å²) in [4.78, 5) is 15.8. The van der Waals surface area contributed by atoms with Crippen LogP contribution in [0.4, 0.5) is 0 Å². The van der Waals surface area contributed by atoms with Crippen molar-refractivity contribution in [2.24, 2.45) is 0 Å². The van der Waals surface area contributed by atoms with Gasteiger partial charge in [0.25, 0.3) is 0 Å². The average Bonchev–Trinajstić information content (AvgIpc) is 3.37. The van der Waals surface area contributed by atoms with Crippen molar-refractivity contribution in [1.82, 2.24) is 19.5 Å². The van der Waals surface area contributed by atoms with Gasteiger partial charge in [0, 0.05) is 0 Å². The molecule has 1 saturated heterocycles. The molecule has 0 radical (unpaired) electrons. The van der Waals surface area contributed by atoms with Gasteiger partial charge in [0.05, 0.1) is 0 Å². The number of imidazole rings is 1. The standard InChI is InChI=1S/C17H17N4OS.3C4H9.Sn/c1-2-6-13(7-3-1)10-23-17-15-16(18-11-19-17)21(12-20-15)14-8-4-5-9-22-14;3*1-3-4-2;/h1-3,6-7,12,14H,4-5,8-10H2;3*1,3-4H2,2H3;. The molecule has 4 rings (SSSR count). The van der Waals surface area contributed by atoms with Crippen molar-refractivity contribution in [3.05, 3.63) is 42.2 Å². The van der Waals surface area contributed by atoms with Crippen molar-refractivity contribution < 1.29 is 4.74 Å². The van der Waals surface area contributed by atoms with Gasteiger partial charge in [0.2, 0.25) is 0 Å². The van der Waals surface area contributed by atoms with Gasteiger partial charge >= 0.3 is 227 Å². The van der Waals surface area contributed by atoms with Crippen molar-refractivity contribution in [3.8, 4) is 0 Å². The molecule has 1 unspecified atom stereocenters. The van der Waals surface area contributed by atoms with Gasteiger partial charge in [-0.3, -0.25) is 0 Å². The van der Waals surface area contributed by atoms with Gasteiger partial charge in [-0.2, -0.15) is 0 Å². The molecule has 3 heterocycles. The number of benzene rings is 1. The fourth-order valence-electron chi connectivity index (χ4n) is 5.36. The zero-order chi connectivity index (χ0) is 25.2. The fraction of sp³-hybridized carbons (Fsp3) is 0.621. The Bertz CT molecular complexity index is 1050. The van der Waals surface area contributed by atoms with E-state index >= 15 is 0 Å². The Morgan fingerprint density at radius 3 is 2.25 bits per heavy atom. The first-order valence-electron chi connectivity index (χ1n) is 14.2. The first-order chi connectivity index (χ1) is 17.7. The second-order valence-electron chi connectivity index (χ2n) is 10.4. The third-order valence-corrected chi connectivity index (χ3v) is 23.2. The van der Waals surface area contributed by atoms with Gasteiger partial charge in [-0.25, -0.2) is 0 Å². The van der Waals surface area contributed by atoms with Crippen molar-refractivity contribution >= 4 is 45.1 Å². The van der Waals surface area contributed by atoms with Crippen LogP contribution in [0.2, 0.25) is 13.3 Å². The summed E-state index contributed by atoms with van der Waals surface area (Å²) in [6.07, 6.45) is 13.1. The van der Waals surface area contributed by atoms with Gasteiger partial charge in [-0.05, 0) is 0 Å². The van der Waals surface area contributed by atoms with Crippen LogP contribution in [0.25, 0.3) is 11.2 Å². The third kappa shape index (κ3) is 6.84. The normalized spacial score (nSPS) is 16.6. The number of hydrogen-bond acceptors (Lipinski definition) is 5. The van der Waals surface area contributed by atoms with E-state index in [2.05, 4.69) is 55.7 Å². The Labute approximate surface area is 226 Å². The van der Waals surface area contributed by atoms with Gasteiger partial charge in [-0.1, -0.05) is 0 Å². The predicted molar refractivity (Wildman–Crippen MR) is 155 cm³/mol. The molecule has 1 aromatic carbocycles. The number of thioether (sulfide) groups is 1. The molecule has 5 nitrogen and oxygen atoms in total. The van der Waals surface area contributed by atoms with Crippen molar-refractivity contribution in [2.75, 3.05) is 6.61 Å². The topological polar surface area (TPSA) is 52.8 Å². The minimum absolute atomic E-state index is 0.0463. The molecular weight excluding hydrogens is 571 g/mol. The van der Waals surface area contributed by atoms with Crippen molar-refractivity contribution in [1.29, 1.82) is 0 Å². The molecule has 196 valence electrons. The molecule has 1 atom stereocenters. The Morgan fingerprint density at radius 2 is 1.64 bits per heavy atom. The van der Waals surface area contributed by atoms with Crippen LogP contribution in [0.15, 0.2) is 41.7 Å². The molecule has 2 aromatic heterocycles. The molecular formula is C29H44N4OSSn. The summed E-state index contributed by atoms with van der Waals surface area (Å²) in [5, 5.41) is 1.07. The molecule has 0 amide bonds. The number of unbranched alkanes of at least 4 members (excludes halogenated alkanes) is 3. The molecule has 0 N–H and O–H groups in total. The number of nitrogens with zero attached hydrogens (tertiary/aromatic N) is 4.